The molecule has 0 aliphatic rings. The molecule has 0 atom stereocenters. The molecule has 0 aliphatic heterocycles. The van der Waals surface area contributed by atoms with Gasteiger partial charge in [-0.3, -0.25) is 9.52 Å². The van der Waals surface area contributed by atoms with Crippen molar-refractivity contribution >= 4 is 33.2 Å². The second kappa shape index (κ2) is 7.63. The molecular weight excluding hydrogens is 376 g/mol. The number of hydrogen-bond donors (Lipinski definition) is 2. The van der Waals surface area contributed by atoms with E-state index in [9.17, 15) is 13.2 Å². The molecular formula is C18H15ClN2O4S. The Balaban J connectivity index is 1.68. The van der Waals surface area contributed by atoms with Gasteiger partial charge in [-0.15, -0.1) is 0 Å². The van der Waals surface area contributed by atoms with Crippen LogP contribution in [0.5, 0.6) is 0 Å². The van der Waals surface area contributed by atoms with Gasteiger partial charge < -0.3 is 9.73 Å². The Hall–Kier alpha value is -2.77. The van der Waals surface area contributed by atoms with Gasteiger partial charge in [-0.1, -0.05) is 17.7 Å². The average molecular weight is 391 g/mol. The summed E-state index contributed by atoms with van der Waals surface area (Å²) in [4.78, 5) is 12.1. The Morgan fingerprint density at radius 2 is 1.81 bits per heavy atom. The van der Waals surface area contributed by atoms with Crippen LogP contribution >= 0.6 is 11.6 Å². The van der Waals surface area contributed by atoms with E-state index in [-0.39, 0.29) is 17.3 Å². The summed E-state index contributed by atoms with van der Waals surface area (Å²) >= 11 is 5.86. The van der Waals surface area contributed by atoms with E-state index >= 15 is 0 Å². The van der Waals surface area contributed by atoms with E-state index in [2.05, 4.69) is 10.0 Å². The monoisotopic (exact) mass is 390 g/mol. The van der Waals surface area contributed by atoms with Crippen LogP contribution in [0.2, 0.25) is 5.02 Å². The van der Waals surface area contributed by atoms with E-state index < -0.39 is 10.0 Å². The first kappa shape index (κ1) is 18.0. The second-order valence-corrected chi connectivity index (χ2v) is 7.52. The first-order valence-corrected chi connectivity index (χ1v) is 9.49. The lowest BCUT2D eigenvalue weighted by atomic mass is 10.2. The maximum atomic E-state index is 12.4. The van der Waals surface area contributed by atoms with Gasteiger partial charge in [0, 0.05) is 10.6 Å². The van der Waals surface area contributed by atoms with Crippen molar-refractivity contribution in [3.63, 3.8) is 0 Å². The third-order valence-corrected chi connectivity index (χ3v) is 5.14. The summed E-state index contributed by atoms with van der Waals surface area (Å²) < 4.78 is 32.4. The summed E-state index contributed by atoms with van der Waals surface area (Å²) in [6.07, 6.45) is 1.52. The molecule has 0 unspecified atom stereocenters. The highest BCUT2D eigenvalue weighted by atomic mass is 35.5. The lowest BCUT2D eigenvalue weighted by Crippen LogP contribution is -2.22. The van der Waals surface area contributed by atoms with Gasteiger partial charge in [-0.05, 0) is 54.6 Å². The predicted molar refractivity (Wildman–Crippen MR) is 98.6 cm³/mol. The second-order valence-electron chi connectivity index (χ2n) is 5.40. The number of benzene rings is 2. The third kappa shape index (κ3) is 4.44. The van der Waals surface area contributed by atoms with Crippen LogP contribution in [0, 0.1) is 0 Å². The Morgan fingerprint density at radius 3 is 2.46 bits per heavy atom. The fourth-order valence-corrected chi connectivity index (χ4v) is 3.47. The van der Waals surface area contributed by atoms with E-state index in [0.717, 1.165) is 0 Å². The van der Waals surface area contributed by atoms with E-state index in [1.54, 1.807) is 30.3 Å². The molecule has 0 aliphatic carbocycles. The van der Waals surface area contributed by atoms with Crippen molar-refractivity contribution in [1.29, 1.82) is 0 Å². The van der Waals surface area contributed by atoms with Crippen LogP contribution in [0.3, 0.4) is 0 Å². The summed E-state index contributed by atoms with van der Waals surface area (Å²) in [6.45, 7) is 0.252. The zero-order valence-electron chi connectivity index (χ0n) is 13.5. The topological polar surface area (TPSA) is 88.4 Å². The molecule has 6 nitrogen and oxygen atoms in total. The minimum absolute atomic E-state index is 0.0417. The largest absolute Gasteiger partial charge is 0.467 e. The molecule has 0 radical (unpaired) electrons. The molecule has 3 aromatic rings. The third-order valence-electron chi connectivity index (χ3n) is 3.51. The standard InChI is InChI=1S/C18H15ClN2O4S/c19-14-3-1-4-15(11-14)21-26(23,24)17-8-6-13(7-9-17)18(22)20-12-16-5-2-10-25-16/h1-11,21H,12H2,(H,20,22). The SMILES string of the molecule is O=C(NCc1ccco1)c1ccc(S(=O)(=O)Nc2cccc(Cl)c2)cc1. The van der Waals surface area contributed by atoms with Crippen molar-refractivity contribution < 1.29 is 17.6 Å². The zero-order chi connectivity index (χ0) is 18.6. The number of halogens is 1. The summed E-state index contributed by atoms with van der Waals surface area (Å²) in [5.74, 6) is 0.302. The number of sulfonamides is 1. The molecule has 3 rings (SSSR count). The summed E-state index contributed by atoms with van der Waals surface area (Å²) in [6, 6.07) is 15.5. The van der Waals surface area contributed by atoms with E-state index in [1.807, 2.05) is 0 Å². The molecule has 26 heavy (non-hydrogen) atoms. The van der Waals surface area contributed by atoms with Gasteiger partial charge in [0.15, 0.2) is 0 Å². The molecule has 1 heterocycles. The number of carbonyl (C=O) groups excluding carboxylic acids is 1. The molecule has 8 heteroatoms. The van der Waals surface area contributed by atoms with Crippen molar-refractivity contribution in [3.8, 4) is 0 Å². The molecule has 2 aromatic carbocycles. The van der Waals surface area contributed by atoms with Gasteiger partial charge in [-0.2, -0.15) is 0 Å². The van der Waals surface area contributed by atoms with E-state index in [0.29, 0.717) is 22.0 Å². The molecule has 0 bridgehead atoms. The Bertz CT molecular complexity index is 1000. The molecule has 0 fully saturated rings. The van der Waals surface area contributed by atoms with Crippen LogP contribution in [0.15, 0.2) is 76.2 Å². The molecule has 1 amide bonds. The molecule has 134 valence electrons. The van der Waals surface area contributed by atoms with Gasteiger partial charge in [0.2, 0.25) is 0 Å². The first-order valence-electron chi connectivity index (χ1n) is 7.63. The molecule has 2 N–H and O–H groups in total. The maximum Gasteiger partial charge on any atom is 0.261 e. The number of nitrogens with one attached hydrogen (secondary N) is 2. The normalized spacial score (nSPS) is 11.1. The van der Waals surface area contributed by atoms with Crippen molar-refractivity contribution in [3.05, 3.63) is 83.3 Å². The van der Waals surface area contributed by atoms with Crippen molar-refractivity contribution in [1.82, 2.24) is 5.32 Å². The van der Waals surface area contributed by atoms with Crippen molar-refractivity contribution in [2.45, 2.75) is 11.4 Å². The number of carbonyl (C=O) groups is 1. The molecule has 0 spiro atoms. The highest BCUT2D eigenvalue weighted by molar-refractivity contribution is 7.92. The fraction of sp³-hybridized carbons (Fsp3) is 0.0556. The Morgan fingerprint density at radius 1 is 1.04 bits per heavy atom. The quantitative estimate of drug-likeness (QED) is 0.672. The van der Waals surface area contributed by atoms with Gasteiger partial charge in [0.05, 0.1) is 23.4 Å². The molecule has 1 aromatic heterocycles. The number of rotatable bonds is 6. The summed E-state index contributed by atoms with van der Waals surface area (Å²) in [5, 5.41) is 3.12. The van der Waals surface area contributed by atoms with Crippen LogP contribution in [0.25, 0.3) is 0 Å². The van der Waals surface area contributed by atoms with Crippen LogP contribution < -0.4 is 10.0 Å². The Labute approximate surface area is 155 Å². The van der Waals surface area contributed by atoms with Gasteiger partial charge in [0.1, 0.15) is 5.76 Å². The molecule has 0 saturated heterocycles. The highest BCUT2D eigenvalue weighted by Gasteiger charge is 2.15. The van der Waals surface area contributed by atoms with Crippen LogP contribution in [-0.2, 0) is 16.6 Å². The smallest absolute Gasteiger partial charge is 0.261 e. The van der Waals surface area contributed by atoms with Crippen LogP contribution in [0.4, 0.5) is 5.69 Å². The first-order chi connectivity index (χ1) is 12.4. The number of furan rings is 1. The lowest BCUT2D eigenvalue weighted by molar-refractivity contribution is 0.0948. The van der Waals surface area contributed by atoms with Crippen LogP contribution in [-0.4, -0.2) is 14.3 Å². The molecule has 0 saturated carbocycles. The predicted octanol–water partition coefficient (Wildman–Crippen LogP) is 3.66. The lowest BCUT2D eigenvalue weighted by Gasteiger charge is -2.09. The number of amides is 1. The maximum absolute atomic E-state index is 12.4. The number of hydrogen-bond acceptors (Lipinski definition) is 4. The van der Waals surface area contributed by atoms with E-state index in [4.69, 9.17) is 16.0 Å². The minimum atomic E-state index is -3.78. The van der Waals surface area contributed by atoms with Crippen LogP contribution in [0.1, 0.15) is 16.1 Å². The van der Waals surface area contributed by atoms with Gasteiger partial charge >= 0.3 is 0 Å². The average Bonchev–Trinajstić information content (AvgIpc) is 3.13. The Kier molecular flexibility index (Phi) is 5.29. The minimum Gasteiger partial charge on any atom is -0.467 e. The van der Waals surface area contributed by atoms with Gasteiger partial charge in [-0.25, -0.2) is 8.42 Å². The summed E-state index contributed by atoms with van der Waals surface area (Å²) in [7, 11) is -3.78. The number of anilines is 1. The van der Waals surface area contributed by atoms with E-state index in [1.165, 1.54) is 36.6 Å². The van der Waals surface area contributed by atoms with Crippen molar-refractivity contribution in [2.75, 3.05) is 4.72 Å². The highest BCUT2D eigenvalue weighted by Crippen LogP contribution is 2.19. The fourth-order valence-electron chi connectivity index (χ4n) is 2.23. The van der Waals surface area contributed by atoms with Gasteiger partial charge in [0.25, 0.3) is 15.9 Å². The zero-order valence-corrected chi connectivity index (χ0v) is 15.0. The summed E-state index contributed by atoms with van der Waals surface area (Å²) in [5.41, 5.74) is 0.705. The van der Waals surface area contributed by atoms with Crippen molar-refractivity contribution in [2.24, 2.45) is 0 Å².